The molecule has 200 valence electrons. The van der Waals surface area contributed by atoms with Gasteiger partial charge in [-0.1, -0.05) is 76.2 Å². The number of furan rings is 1. The van der Waals surface area contributed by atoms with E-state index in [9.17, 15) is 4.79 Å². The monoisotopic (exact) mass is 535 g/mol. The molecule has 3 aromatic heterocycles. The first-order valence-electron chi connectivity index (χ1n) is 14.3. The fourth-order valence-corrected chi connectivity index (χ4v) is 6.53. The van der Waals surface area contributed by atoms with E-state index >= 15 is 0 Å². The van der Waals surface area contributed by atoms with E-state index in [4.69, 9.17) is 8.83 Å². The van der Waals surface area contributed by atoms with Gasteiger partial charge in [0.15, 0.2) is 0 Å². The Bertz CT molecular complexity index is 2400. The quantitative estimate of drug-likeness (QED) is 0.211. The van der Waals surface area contributed by atoms with Crippen LogP contribution in [0.15, 0.2) is 105 Å². The summed E-state index contributed by atoms with van der Waals surface area (Å²) in [6.07, 6.45) is 0. The third-order valence-corrected chi connectivity index (χ3v) is 8.54. The Morgan fingerprint density at radius 1 is 0.561 bits per heavy atom. The largest absolute Gasteiger partial charge is 0.456 e. The molecule has 5 aromatic carbocycles. The molecule has 4 nitrogen and oxygen atoms in total. The maximum Gasteiger partial charge on any atom is 0.200 e. The second-order valence-corrected chi connectivity index (χ2v) is 11.7. The van der Waals surface area contributed by atoms with Gasteiger partial charge in [-0.15, -0.1) is 0 Å². The van der Waals surface area contributed by atoms with E-state index in [1.165, 1.54) is 5.39 Å². The Labute approximate surface area is 236 Å². The van der Waals surface area contributed by atoms with Crippen molar-refractivity contribution in [3.05, 3.63) is 112 Å². The van der Waals surface area contributed by atoms with Crippen molar-refractivity contribution in [3.63, 3.8) is 0 Å². The summed E-state index contributed by atoms with van der Waals surface area (Å²) in [4.78, 5) is 14.0. The van der Waals surface area contributed by atoms with Crippen LogP contribution in [-0.4, -0.2) is 4.57 Å². The van der Waals surface area contributed by atoms with Crippen molar-refractivity contribution >= 4 is 65.7 Å². The number of hydrogen-bond donors (Lipinski definition) is 0. The van der Waals surface area contributed by atoms with Crippen molar-refractivity contribution in [2.24, 2.45) is 0 Å². The summed E-state index contributed by atoms with van der Waals surface area (Å²) in [5.41, 5.74) is 8.22. The zero-order valence-corrected chi connectivity index (χ0v) is 23.5. The SMILES string of the molecule is CC(C)c1ccc(C(C)C)c2c(=O)c3ccc(-n4c5ccccc5c5cc6c(cc54)oc4ccccc46)cc3oc12. The van der Waals surface area contributed by atoms with Crippen molar-refractivity contribution in [1.29, 1.82) is 0 Å². The van der Waals surface area contributed by atoms with E-state index in [0.29, 0.717) is 21.9 Å². The van der Waals surface area contributed by atoms with Gasteiger partial charge < -0.3 is 13.4 Å². The molecule has 0 aliphatic carbocycles. The first kappa shape index (κ1) is 24.0. The maximum atomic E-state index is 14.0. The molecule has 0 unspecified atom stereocenters. The Kier molecular flexibility index (Phi) is 5.03. The van der Waals surface area contributed by atoms with Gasteiger partial charge >= 0.3 is 0 Å². The molecule has 0 spiro atoms. The molecule has 0 fully saturated rings. The molecule has 4 heteroatoms. The van der Waals surface area contributed by atoms with E-state index in [-0.39, 0.29) is 17.3 Å². The van der Waals surface area contributed by atoms with E-state index in [1.54, 1.807) is 0 Å². The van der Waals surface area contributed by atoms with Crippen LogP contribution in [0.1, 0.15) is 50.7 Å². The summed E-state index contributed by atoms with van der Waals surface area (Å²) in [5, 5.41) is 5.85. The normalized spacial score (nSPS) is 12.4. The molecule has 0 amide bonds. The number of fused-ring (bicyclic) bond motifs is 8. The van der Waals surface area contributed by atoms with Crippen LogP contribution >= 0.6 is 0 Å². The fraction of sp³-hybridized carbons (Fsp3) is 0.162. The Morgan fingerprint density at radius 3 is 2.07 bits per heavy atom. The number of nitrogens with zero attached hydrogens (tertiary/aromatic N) is 1. The fourth-order valence-electron chi connectivity index (χ4n) is 6.53. The van der Waals surface area contributed by atoms with Gasteiger partial charge in [0.05, 0.1) is 21.8 Å². The number of hydrogen-bond acceptors (Lipinski definition) is 3. The first-order chi connectivity index (χ1) is 19.9. The van der Waals surface area contributed by atoms with E-state index < -0.39 is 0 Å². The lowest BCUT2D eigenvalue weighted by Gasteiger charge is -2.16. The molecular formula is C37H29NO3. The lowest BCUT2D eigenvalue weighted by Crippen LogP contribution is -2.08. The number of rotatable bonds is 3. The molecule has 41 heavy (non-hydrogen) atoms. The smallest absolute Gasteiger partial charge is 0.200 e. The molecule has 0 aliphatic heterocycles. The van der Waals surface area contributed by atoms with Gasteiger partial charge in [0.1, 0.15) is 22.3 Å². The van der Waals surface area contributed by atoms with Crippen LogP contribution in [0.25, 0.3) is 71.4 Å². The van der Waals surface area contributed by atoms with Crippen LogP contribution in [-0.2, 0) is 0 Å². The topological polar surface area (TPSA) is 48.3 Å². The van der Waals surface area contributed by atoms with Gasteiger partial charge in [0.25, 0.3) is 0 Å². The van der Waals surface area contributed by atoms with Gasteiger partial charge in [0.2, 0.25) is 5.43 Å². The summed E-state index contributed by atoms with van der Waals surface area (Å²) >= 11 is 0. The third-order valence-electron chi connectivity index (χ3n) is 8.54. The lowest BCUT2D eigenvalue weighted by molar-refractivity contribution is 0.646. The minimum atomic E-state index is 0.0326. The average molecular weight is 536 g/mol. The number of para-hydroxylation sites is 2. The Hall–Kier alpha value is -4.83. The summed E-state index contributed by atoms with van der Waals surface area (Å²) < 4.78 is 15.2. The highest BCUT2D eigenvalue weighted by molar-refractivity contribution is 6.17. The summed E-state index contributed by atoms with van der Waals surface area (Å²) in [5.74, 6) is 0.442. The maximum absolute atomic E-state index is 14.0. The minimum absolute atomic E-state index is 0.0326. The van der Waals surface area contributed by atoms with Gasteiger partial charge in [-0.25, -0.2) is 0 Å². The second-order valence-electron chi connectivity index (χ2n) is 11.7. The number of benzene rings is 5. The highest BCUT2D eigenvalue weighted by atomic mass is 16.3. The average Bonchev–Trinajstić information content (AvgIpc) is 3.50. The van der Waals surface area contributed by atoms with E-state index in [2.05, 4.69) is 86.9 Å². The van der Waals surface area contributed by atoms with Crippen LogP contribution in [0.4, 0.5) is 0 Å². The predicted octanol–water partition coefficient (Wildman–Crippen LogP) is 10.2. The standard InChI is InChI=1S/C37H29NO3/c1-20(2)23-15-16-24(21(3)4)37-35(23)36(39)27-14-13-22(17-33(27)41-37)38-30-11-7-5-9-25(30)28-18-29-26-10-6-8-12-32(26)40-34(29)19-31(28)38/h5-21H,1-4H3. The van der Waals surface area contributed by atoms with Gasteiger partial charge in [-0.3, -0.25) is 4.79 Å². The Balaban J connectivity index is 1.46. The molecule has 8 rings (SSSR count). The highest BCUT2D eigenvalue weighted by Crippen LogP contribution is 2.39. The third kappa shape index (κ3) is 3.37. The highest BCUT2D eigenvalue weighted by Gasteiger charge is 2.20. The minimum Gasteiger partial charge on any atom is -0.456 e. The van der Waals surface area contributed by atoms with Crippen molar-refractivity contribution in [2.75, 3.05) is 0 Å². The van der Waals surface area contributed by atoms with Gasteiger partial charge in [0, 0.05) is 39.4 Å². The van der Waals surface area contributed by atoms with Crippen LogP contribution in [0.2, 0.25) is 0 Å². The summed E-state index contributed by atoms with van der Waals surface area (Å²) in [7, 11) is 0. The van der Waals surface area contributed by atoms with E-state index in [1.807, 2.05) is 36.4 Å². The molecule has 3 heterocycles. The summed E-state index contributed by atoms with van der Waals surface area (Å²) in [6.45, 7) is 8.53. The molecule has 0 N–H and O–H groups in total. The molecule has 8 aromatic rings. The van der Waals surface area contributed by atoms with Crippen LogP contribution in [0.3, 0.4) is 0 Å². The molecule has 0 atom stereocenters. The molecular weight excluding hydrogens is 506 g/mol. The molecule has 0 aliphatic rings. The zero-order chi connectivity index (χ0) is 28.0. The Morgan fingerprint density at radius 2 is 1.27 bits per heavy atom. The van der Waals surface area contributed by atoms with Crippen LogP contribution in [0, 0.1) is 0 Å². The van der Waals surface area contributed by atoms with Crippen molar-refractivity contribution in [1.82, 2.24) is 4.57 Å². The van der Waals surface area contributed by atoms with E-state index in [0.717, 1.165) is 55.2 Å². The van der Waals surface area contributed by atoms with Crippen molar-refractivity contribution < 1.29 is 8.83 Å². The van der Waals surface area contributed by atoms with Crippen LogP contribution < -0.4 is 5.43 Å². The molecule has 0 bridgehead atoms. The van der Waals surface area contributed by atoms with Crippen LogP contribution in [0.5, 0.6) is 0 Å². The number of aromatic nitrogens is 1. The van der Waals surface area contributed by atoms with Gasteiger partial charge in [-0.2, -0.15) is 0 Å². The molecule has 0 saturated carbocycles. The lowest BCUT2D eigenvalue weighted by atomic mass is 9.92. The molecule has 0 radical (unpaired) electrons. The first-order valence-corrected chi connectivity index (χ1v) is 14.3. The van der Waals surface area contributed by atoms with Gasteiger partial charge in [-0.05, 0) is 53.3 Å². The molecule has 0 saturated heterocycles. The predicted molar refractivity (Wildman–Crippen MR) is 170 cm³/mol. The van der Waals surface area contributed by atoms with Crippen molar-refractivity contribution in [2.45, 2.75) is 39.5 Å². The summed E-state index contributed by atoms with van der Waals surface area (Å²) in [6, 6.07) is 31.2. The van der Waals surface area contributed by atoms with Crippen molar-refractivity contribution in [3.8, 4) is 5.69 Å². The second kappa shape index (κ2) is 8.58. The zero-order valence-electron chi connectivity index (χ0n) is 23.5.